The molecule has 4 heteroatoms. The summed E-state index contributed by atoms with van der Waals surface area (Å²) in [4.78, 5) is 4.33. The van der Waals surface area contributed by atoms with Crippen LogP contribution in [-0.4, -0.2) is 4.98 Å². The third kappa shape index (κ3) is 2.54. The van der Waals surface area contributed by atoms with Gasteiger partial charge >= 0.3 is 0 Å². The number of fused-ring (bicyclic) bond motifs is 1. The Morgan fingerprint density at radius 2 is 1.86 bits per heavy atom. The third-order valence-electron chi connectivity index (χ3n) is 3.28. The predicted octanol–water partition coefficient (Wildman–Crippen LogP) is 4.05. The van der Waals surface area contributed by atoms with E-state index in [9.17, 15) is 9.65 Å². The van der Waals surface area contributed by atoms with E-state index in [2.05, 4.69) is 16.4 Å². The van der Waals surface area contributed by atoms with Crippen molar-refractivity contribution in [1.82, 2.24) is 4.98 Å². The number of pyridine rings is 1. The van der Waals surface area contributed by atoms with E-state index in [-0.39, 0.29) is 5.82 Å². The minimum atomic E-state index is -0.666. The molecule has 0 bridgehead atoms. The van der Waals surface area contributed by atoms with Crippen molar-refractivity contribution in [2.75, 3.05) is 5.32 Å². The number of hydrogen-bond donors (Lipinski definition) is 1. The Labute approximate surface area is 121 Å². The largest absolute Gasteiger partial charge is 0.364 e. The molecule has 0 radical (unpaired) electrons. The predicted molar refractivity (Wildman–Crippen MR) is 80.1 cm³/mol. The summed E-state index contributed by atoms with van der Waals surface area (Å²) >= 11 is 0. The molecule has 0 amide bonds. The van der Waals surface area contributed by atoms with Gasteiger partial charge in [-0.3, -0.25) is 4.98 Å². The zero-order valence-corrected chi connectivity index (χ0v) is 11.1. The van der Waals surface area contributed by atoms with Crippen LogP contribution in [0.1, 0.15) is 11.6 Å². The molecular weight excluding hydrogens is 265 g/mol. The van der Waals surface area contributed by atoms with Crippen LogP contribution in [-0.2, 0) is 0 Å². The highest BCUT2D eigenvalue weighted by atomic mass is 19.1. The van der Waals surface area contributed by atoms with Gasteiger partial charge in [0.15, 0.2) is 0 Å². The van der Waals surface area contributed by atoms with E-state index in [4.69, 9.17) is 0 Å². The minimum absolute atomic E-state index is 0.303. The SMILES string of the molecule is N#CC(Nc1ccccc1F)c1cccc2cccnc12. The van der Waals surface area contributed by atoms with Crippen LogP contribution in [0.4, 0.5) is 10.1 Å². The van der Waals surface area contributed by atoms with Gasteiger partial charge in [-0.15, -0.1) is 0 Å². The zero-order valence-electron chi connectivity index (χ0n) is 11.1. The quantitative estimate of drug-likeness (QED) is 0.785. The van der Waals surface area contributed by atoms with E-state index in [0.29, 0.717) is 5.69 Å². The van der Waals surface area contributed by atoms with Crippen LogP contribution >= 0.6 is 0 Å². The lowest BCUT2D eigenvalue weighted by Crippen LogP contribution is -2.10. The highest BCUT2D eigenvalue weighted by molar-refractivity contribution is 5.82. The van der Waals surface area contributed by atoms with Crippen LogP contribution in [0, 0.1) is 17.1 Å². The van der Waals surface area contributed by atoms with Gasteiger partial charge in [-0.1, -0.05) is 36.4 Å². The maximum absolute atomic E-state index is 13.7. The highest BCUT2D eigenvalue weighted by Gasteiger charge is 2.15. The fourth-order valence-electron chi connectivity index (χ4n) is 2.27. The first-order chi connectivity index (χ1) is 10.3. The third-order valence-corrected chi connectivity index (χ3v) is 3.28. The van der Waals surface area contributed by atoms with Crippen molar-refractivity contribution >= 4 is 16.6 Å². The molecule has 1 heterocycles. The first-order valence-electron chi connectivity index (χ1n) is 6.54. The van der Waals surface area contributed by atoms with E-state index in [1.165, 1.54) is 6.07 Å². The summed E-state index contributed by atoms with van der Waals surface area (Å²) in [6.45, 7) is 0. The fraction of sp³-hybridized carbons (Fsp3) is 0.0588. The summed E-state index contributed by atoms with van der Waals surface area (Å²) in [6, 6.07) is 17.2. The molecule has 1 N–H and O–H groups in total. The number of nitriles is 1. The lowest BCUT2D eigenvalue weighted by Gasteiger charge is -2.15. The molecule has 3 nitrogen and oxygen atoms in total. The number of nitrogens with zero attached hydrogens (tertiary/aromatic N) is 2. The summed E-state index contributed by atoms with van der Waals surface area (Å²) in [6.07, 6.45) is 1.68. The Morgan fingerprint density at radius 1 is 1.05 bits per heavy atom. The molecule has 0 aliphatic carbocycles. The van der Waals surface area contributed by atoms with Gasteiger partial charge in [0, 0.05) is 17.1 Å². The van der Waals surface area contributed by atoms with Crippen LogP contribution in [0.25, 0.3) is 10.9 Å². The zero-order chi connectivity index (χ0) is 14.7. The fourth-order valence-corrected chi connectivity index (χ4v) is 2.27. The molecule has 2 aromatic carbocycles. The molecule has 0 spiro atoms. The number of hydrogen-bond acceptors (Lipinski definition) is 3. The molecule has 0 aliphatic rings. The van der Waals surface area contributed by atoms with E-state index in [0.717, 1.165) is 16.5 Å². The van der Waals surface area contributed by atoms with Crippen molar-refractivity contribution in [3.05, 3.63) is 72.2 Å². The van der Waals surface area contributed by atoms with Gasteiger partial charge in [0.05, 0.1) is 17.3 Å². The monoisotopic (exact) mass is 277 g/mol. The molecular formula is C17H12FN3. The molecule has 1 aromatic heterocycles. The molecule has 102 valence electrons. The number of anilines is 1. The Kier molecular flexibility index (Phi) is 3.48. The Morgan fingerprint density at radius 3 is 2.67 bits per heavy atom. The van der Waals surface area contributed by atoms with Crippen LogP contribution < -0.4 is 5.32 Å². The first-order valence-corrected chi connectivity index (χ1v) is 6.54. The number of benzene rings is 2. The van der Waals surface area contributed by atoms with Crippen molar-refractivity contribution in [2.45, 2.75) is 6.04 Å². The normalized spacial score (nSPS) is 11.8. The molecule has 0 fully saturated rings. The van der Waals surface area contributed by atoms with Crippen molar-refractivity contribution in [1.29, 1.82) is 5.26 Å². The van der Waals surface area contributed by atoms with E-state index >= 15 is 0 Å². The van der Waals surface area contributed by atoms with Crippen LogP contribution in [0.3, 0.4) is 0 Å². The maximum atomic E-state index is 13.7. The second-order valence-corrected chi connectivity index (χ2v) is 4.61. The summed E-state index contributed by atoms with van der Waals surface area (Å²) in [5.41, 5.74) is 1.78. The number of aromatic nitrogens is 1. The van der Waals surface area contributed by atoms with Crippen LogP contribution in [0.15, 0.2) is 60.8 Å². The van der Waals surface area contributed by atoms with Gasteiger partial charge in [0.1, 0.15) is 11.9 Å². The molecule has 0 aliphatic heterocycles. The van der Waals surface area contributed by atoms with Crippen LogP contribution in [0.5, 0.6) is 0 Å². The van der Waals surface area contributed by atoms with Gasteiger partial charge in [0.25, 0.3) is 0 Å². The van der Waals surface area contributed by atoms with E-state index < -0.39 is 6.04 Å². The van der Waals surface area contributed by atoms with Gasteiger partial charge in [0.2, 0.25) is 0 Å². The van der Waals surface area contributed by atoms with Gasteiger partial charge in [-0.05, 0) is 18.2 Å². The lowest BCUT2D eigenvalue weighted by atomic mass is 10.0. The minimum Gasteiger partial charge on any atom is -0.364 e. The summed E-state index contributed by atoms with van der Waals surface area (Å²) < 4.78 is 13.7. The van der Waals surface area contributed by atoms with E-state index in [1.54, 1.807) is 24.4 Å². The Hall–Kier alpha value is -2.93. The lowest BCUT2D eigenvalue weighted by molar-refractivity contribution is 0.629. The smallest absolute Gasteiger partial charge is 0.146 e. The van der Waals surface area contributed by atoms with Crippen LogP contribution in [0.2, 0.25) is 0 Å². The second-order valence-electron chi connectivity index (χ2n) is 4.61. The summed E-state index contributed by atoms with van der Waals surface area (Å²) in [5.74, 6) is -0.383. The number of halogens is 1. The average molecular weight is 277 g/mol. The molecule has 0 saturated carbocycles. The van der Waals surface area contributed by atoms with Gasteiger partial charge < -0.3 is 5.32 Å². The summed E-state index contributed by atoms with van der Waals surface area (Å²) in [7, 11) is 0. The number of nitrogens with one attached hydrogen (secondary N) is 1. The molecule has 1 atom stereocenters. The van der Waals surface area contributed by atoms with Crippen molar-refractivity contribution in [2.24, 2.45) is 0 Å². The standard InChI is InChI=1S/C17H12FN3/c18-14-8-1-2-9-15(14)21-16(11-19)13-7-3-5-12-6-4-10-20-17(12)13/h1-10,16,21H. The highest BCUT2D eigenvalue weighted by Crippen LogP contribution is 2.26. The van der Waals surface area contributed by atoms with E-state index in [1.807, 2.05) is 30.3 Å². The summed E-state index contributed by atoms with van der Waals surface area (Å²) in [5, 5.41) is 13.3. The van der Waals surface area contributed by atoms with Gasteiger partial charge in [-0.25, -0.2) is 4.39 Å². The second kappa shape index (κ2) is 5.59. The Bertz CT molecular complexity index is 818. The topological polar surface area (TPSA) is 48.7 Å². The van der Waals surface area contributed by atoms with Gasteiger partial charge in [-0.2, -0.15) is 5.26 Å². The number of rotatable bonds is 3. The molecule has 3 aromatic rings. The van der Waals surface area contributed by atoms with Crippen molar-refractivity contribution in [3.63, 3.8) is 0 Å². The molecule has 21 heavy (non-hydrogen) atoms. The Balaban J connectivity index is 2.04. The average Bonchev–Trinajstić information content (AvgIpc) is 2.54. The molecule has 1 unspecified atom stereocenters. The molecule has 3 rings (SSSR count). The molecule has 0 saturated heterocycles. The first kappa shape index (κ1) is 13.1. The van der Waals surface area contributed by atoms with Crippen molar-refractivity contribution in [3.8, 4) is 6.07 Å². The van der Waals surface area contributed by atoms with Crippen molar-refractivity contribution < 1.29 is 4.39 Å². The number of para-hydroxylation sites is 2. The maximum Gasteiger partial charge on any atom is 0.146 e.